The average Bonchev–Trinajstić information content (AvgIpc) is 3.22. The molecule has 0 aliphatic heterocycles. The third-order valence-electron chi connectivity index (χ3n) is 4.94. The van der Waals surface area contributed by atoms with Gasteiger partial charge >= 0.3 is 11.8 Å². The molecule has 8 heteroatoms. The smallest absolute Gasteiger partial charge is 0.236 e. The minimum Gasteiger partial charge on any atom is -0.236 e. The average molecular weight is 456 g/mol. The third-order valence-corrected chi connectivity index (χ3v) is 9.00. The molecule has 0 amide bonds. The van der Waals surface area contributed by atoms with E-state index in [1.54, 1.807) is 41.8 Å². The Morgan fingerprint density at radius 3 is 2.03 bits per heavy atom. The zero-order chi connectivity index (χ0) is 21.6. The Balaban J connectivity index is 1.89. The summed E-state index contributed by atoms with van der Waals surface area (Å²) in [4.78, 5) is 0. The molecule has 4 rings (SSSR count). The van der Waals surface area contributed by atoms with E-state index in [9.17, 15) is 22.0 Å². The summed E-state index contributed by atoms with van der Waals surface area (Å²) in [5.74, 6) is -10.4. The number of rotatable bonds is 4. The summed E-state index contributed by atoms with van der Waals surface area (Å²) in [5, 5.41) is -1.92. The van der Waals surface area contributed by atoms with Gasteiger partial charge in [0.05, 0.1) is 0 Å². The van der Waals surface area contributed by atoms with Crippen molar-refractivity contribution in [1.82, 2.24) is 0 Å². The zero-order valence-electron chi connectivity index (χ0n) is 15.3. The molecule has 0 fully saturated rings. The molecular formula is C22H15F6PS. The molecule has 0 spiro atoms. The summed E-state index contributed by atoms with van der Waals surface area (Å²) in [6, 6.07) is 18.1. The number of hydrogen-bond acceptors (Lipinski definition) is 1. The summed E-state index contributed by atoms with van der Waals surface area (Å²) in [6.07, 6.45) is -2.76. The minimum atomic E-state index is -5.23. The van der Waals surface area contributed by atoms with Gasteiger partial charge in [-0.3, -0.25) is 0 Å². The molecular weight excluding hydrogens is 441 g/mol. The van der Waals surface area contributed by atoms with E-state index in [-0.39, 0.29) is 22.1 Å². The predicted octanol–water partition coefficient (Wildman–Crippen LogP) is 6.69. The van der Waals surface area contributed by atoms with E-state index in [0.29, 0.717) is 5.56 Å². The Kier molecular flexibility index (Phi) is 5.31. The van der Waals surface area contributed by atoms with Crippen LogP contribution in [0.2, 0.25) is 0 Å². The number of alkyl halides is 6. The summed E-state index contributed by atoms with van der Waals surface area (Å²) in [7, 11) is -2.62. The number of benzene rings is 2. The first-order valence-electron chi connectivity index (χ1n) is 8.96. The van der Waals surface area contributed by atoms with Crippen molar-refractivity contribution in [2.75, 3.05) is 0 Å². The molecule has 3 atom stereocenters. The van der Waals surface area contributed by atoms with Crippen LogP contribution in [0.3, 0.4) is 0 Å². The molecule has 0 nitrogen and oxygen atoms in total. The molecule has 0 N–H and O–H groups in total. The summed E-state index contributed by atoms with van der Waals surface area (Å²) < 4.78 is 87.8. The van der Waals surface area contributed by atoms with Crippen molar-refractivity contribution >= 4 is 29.2 Å². The fourth-order valence-corrected chi connectivity index (χ4v) is 7.63. The molecule has 0 radical (unpaired) electrons. The van der Waals surface area contributed by atoms with Crippen LogP contribution in [0, 0.1) is 0 Å². The Hall–Kier alpha value is -2.11. The first-order valence-corrected chi connectivity index (χ1v) is 11.2. The van der Waals surface area contributed by atoms with Crippen LogP contribution in [0.1, 0.15) is 0 Å². The number of thiophene rings is 1. The van der Waals surface area contributed by atoms with Crippen molar-refractivity contribution in [1.29, 1.82) is 0 Å². The minimum absolute atomic E-state index is 0.161. The Morgan fingerprint density at radius 1 is 0.800 bits per heavy atom. The van der Waals surface area contributed by atoms with Gasteiger partial charge in [-0.25, -0.2) is 8.78 Å². The lowest BCUT2D eigenvalue weighted by molar-refractivity contribution is -0.263. The largest absolute Gasteiger partial charge is 0.354 e. The van der Waals surface area contributed by atoms with Gasteiger partial charge in [-0.15, -0.1) is 11.3 Å². The topological polar surface area (TPSA) is 0 Å². The standard InChI is InChI=1S/C22H15F6PS/c23-18-11-12-20(24,22(27,28)21(18,25)26)29(17-9-5-2-6-10-17)19-13-16(14-30-19)15-7-3-1-4-8-15/h1-14,18H. The lowest BCUT2D eigenvalue weighted by Crippen LogP contribution is -2.62. The van der Waals surface area contributed by atoms with E-state index in [1.165, 1.54) is 24.3 Å². The number of allylic oxidation sites excluding steroid dienone is 2. The van der Waals surface area contributed by atoms with E-state index in [2.05, 4.69) is 0 Å². The van der Waals surface area contributed by atoms with Crippen molar-refractivity contribution in [3.63, 3.8) is 0 Å². The van der Waals surface area contributed by atoms with E-state index in [0.717, 1.165) is 16.9 Å². The first kappa shape index (κ1) is 21.1. The highest BCUT2D eigenvalue weighted by Gasteiger charge is 2.76. The Morgan fingerprint density at radius 2 is 1.40 bits per heavy atom. The van der Waals surface area contributed by atoms with Crippen LogP contribution >= 0.6 is 19.3 Å². The van der Waals surface area contributed by atoms with E-state index in [4.69, 9.17) is 0 Å². The third kappa shape index (κ3) is 3.19. The van der Waals surface area contributed by atoms with Crippen molar-refractivity contribution < 1.29 is 26.3 Å². The zero-order valence-corrected chi connectivity index (χ0v) is 17.0. The lowest BCUT2D eigenvalue weighted by atomic mass is 9.95. The van der Waals surface area contributed by atoms with Gasteiger partial charge in [0.1, 0.15) is 0 Å². The second kappa shape index (κ2) is 7.54. The second-order valence-corrected chi connectivity index (χ2v) is 10.4. The van der Waals surface area contributed by atoms with Gasteiger partial charge in [-0.05, 0) is 40.0 Å². The van der Waals surface area contributed by atoms with Crippen LogP contribution < -0.4 is 9.92 Å². The number of hydrogen-bond donors (Lipinski definition) is 0. The molecule has 1 aliphatic carbocycles. The molecule has 2 aromatic carbocycles. The van der Waals surface area contributed by atoms with Crippen LogP contribution in [-0.2, 0) is 0 Å². The van der Waals surface area contributed by atoms with Crippen LogP contribution in [0.5, 0.6) is 0 Å². The summed E-state index contributed by atoms with van der Waals surface area (Å²) in [6.45, 7) is 0. The van der Waals surface area contributed by atoms with Gasteiger partial charge in [-0.2, -0.15) is 17.6 Å². The van der Waals surface area contributed by atoms with Crippen LogP contribution in [0.25, 0.3) is 11.1 Å². The Bertz CT molecular complexity index is 1050. The van der Waals surface area contributed by atoms with Gasteiger partial charge < -0.3 is 0 Å². The quantitative estimate of drug-likeness (QED) is 0.233. The molecule has 1 aliphatic rings. The molecule has 30 heavy (non-hydrogen) atoms. The molecule has 1 heterocycles. The second-order valence-electron chi connectivity index (χ2n) is 6.84. The van der Waals surface area contributed by atoms with Crippen molar-refractivity contribution in [2.24, 2.45) is 0 Å². The van der Waals surface area contributed by atoms with E-state index < -0.39 is 31.3 Å². The first-order chi connectivity index (χ1) is 14.2. The highest BCUT2D eigenvalue weighted by molar-refractivity contribution is 7.79. The maximum absolute atomic E-state index is 16.0. The predicted molar refractivity (Wildman–Crippen MR) is 110 cm³/mol. The molecule has 0 bridgehead atoms. The molecule has 3 aromatic rings. The highest BCUT2D eigenvalue weighted by Crippen LogP contribution is 2.64. The van der Waals surface area contributed by atoms with Crippen molar-refractivity contribution in [3.05, 3.63) is 84.3 Å². The van der Waals surface area contributed by atoms with Gasteiger partial charge in [0.25, 0.3) is 0 Å². The van der Waals surface area contributed by atoms with Crippen LogP contribution in [0.4, 0.5) is 26.3 Å². The summed E-state index contributed by atoms with van der Waals surface area (Å²) >= 11 is 1.02. The van der Waals surface area contributed by atoms with Crippen molar-refractivity contribution in [2.45, 2.75) is 23.4 Å². The number of halogens is 6. The van der Waals surface area contributed by atoms with E-state index in [1.807, 2.05) is 6.07 Å². The van der Waals surface area contributed by atoms with Gasteiger partial charge in [0, 0.05) is 12.5 Å². The monoisotopic (exact) mass is 456 g/mol. The van der Waals surface area contributed by atoms with E-state index >= 15 is 4.39 Å². The normalized spacial score (nSPS) is 25.7. The molecule has 1 aromatic heterocycles. The fourth-order valence-electron chi connectivity index (χ4n) is 3.34. The fraction of sp³-hybridized carbons (Fsp3) is 0.182. The lowest BCUT2D eigenvalue weighted by Gasteiger charge is -2.43. The molecule has 3 unspecified atom stereocenters. The van der Waals surface area contributed by atoms with Crippen LogP contribution in [0.15, 0.2) is 84.3 Å². The SMILES string of the molecule is FC1C=CC(F)(P(c2ccccc2)c2cc(-c3ccccc3)cs2)C(F)(F)C1(F)F. The molecule has 0 saturated carbocycles. The molecule has 156 valence electrons. The highest BCUT2D eigenvalue weighted by atomic mass is 32.1. The molecule has 0 saturated heterocycles. The van der Waals surface area contributed by atoms with Gasteiger partial charge in [0.15, 0.2) is 6.17 Å². The van der Waals surface area contributed by atoms with Crippen molar-refractivity contribution in [3.8, 4) is 11.1 Å². The van der Waals surface area contributed by atoms with Gasteiger partial charge in [-0.1, -0.05) is 60.7 Å². The Labute approximate surface area is 174 Å². The van der Waals surface area contributed by atoms with Gasteiger partial charge in [0.2, 0.25) is 5.41 Å². The maximum Gasteiger partial charge on any atom is 0.354 e. The van der Waals surface area contributed by atoms with Crippen LogP contribution in [-0.4, -0.2) is 23.4 Å². The maximum atomic E-state index is 16.0. The summed E-state index contributed by atoms with van der Waals surface area (Å²) in [5.41, 5.74) is 1.46.